The summed E-state index contributed by atoms with van der Waals surface area (Å²) in [6.45, 7) is 4.69. The molecular weight excluding hydrogens is 272 g/mol. The Kier molecular flexibility index (Phi) is 4.04. The molecule has 0 saturated carbocycles. The maximum Gasteiger partial charge on any atom is 0.356 e. The maximum absolute atomic E-state index is 11.8. The van der Waals surface area contributed by atoms with E-state index in [1.165, 1.54) is 11.3 Å². The van der Waals surface area contributed by atoms with Gasteiger partial charge in [0.25, 0.3) is 0 Å². The third-order valence-corrected chi connectivity index (χ3v) is 3.64. The van der Waals surface area contributed by atoms with Crippen LogP contribution in [0.1, 0.15) is 24.3 Å². The van der Waals surface area contributed by atoms with Gasteiger partial charge in [0.2, 0.25) is 0 Å². The van der Waals surface area contributed by atoms with E-state index in [1.54, 1.807) is 17.7 Å². The van der Waals surface area contributed by atoms with Crippen molar-refractivity contribution >= 4 is 28.9 Å². The van der Waals surface area contributed by atoms with E-state index >= 15 is 0 Å². The summed E-state index contributed by atoms with van der Waals surface area (Å²) in [6.07, 6.45) is 0. The summed E-state index contributed by atoms with van der Waals surface area (Å²) in [6, 6.07) is 5.45. The number of hydrogen-bond acceptors (Lipinski definition) is 4. The topological polar surface area (TPSA) is 44.1 Å². The number of halogens is 1. The zero-order chi connectivity index (χ0) is 13.1. The van der Waals surface area contributed by atoms with Gasteiger partial charge in [0, 0.05) is 6.54 Å². The third kappa shape index (κ3) is 2.57. The number of aryl methyl sites for hydroxylation is 1. The minimum absolute atomic E-state index is 0.347. The second kappa shape index (κ2) is 5.54. The zero-order valence-corrected chi connectivity index (χ0v) is 11.7. The summed E-state index contributed by atoms with van der Waals surface area (Å²) in [4.78, 5) is 12.7. The van der Waals surface area contributed by atoms with Gasteiger partial charge < -0.3 is 4.74 Å². The van der Waals surface area contributed by atoms with Gasteiger partial charge in [-0.3, -0.25) is 4.68 Å². The van der Waals surface area contributed by atoms with E-state index in [0.29, 0.717) is 23.2 Å². The van der Waals surface area contributed by atoms with Crippen LogP contribution < -0.4 is 0 Å². The quantitative estimate of drug-likeness (QED) is 0.808. The van der Waals surface area contributed by atoms with E-state index in [2.05, 4.69) is 5.10 Å². The molecule has 2 aromatic rings. The van der Waals surface area contributed by atoms with Crippen molar-refractivity contribution in [2.45, 2.75) is 20.4 Å². The first-order chi connectivity index (χ1) is 8.65. The lowest BCUT2D eigenvalue weighted by atomic mass is 10.3. The van der Waals surface area contributed by atoms with Crippen LogP contribution in [-0.2, 0) is 11.3 Å². The van der Waals surface area contributed by atoms with Gasteiger partial charge in [-0.15, -0.1) is 11.3 Å². The molecule has 0 aliphatic carbocycles. The number of hydrogen-bond donors (Lipinski definition) is 0. The predicted molar refractivity (Wildman–Crippen MR) is 72.2 cm³/mol. The van der Waals surface area contributed by atoms with Crippen LogP contribution in [0.15, 0.2) is 18.2 Å². The van der Waals surface area contributed by atoms with Crippen LogP contribution in [-0.4, -0.2) is 22.4 Å². The first kappa shape index (κ1) is 13.1. The molecule has 2 aromatic heterocycles. The largest absolute Gasteiger partial charge is 0.461 e. The molecule has 0 spiro atoms. The first-order valence-corrected chi connectivity index (χ1v) is 6.85. The number of carbonyl (C=O) groups is 1. The highest BCUT2D eigenvalue weighted by Gasteiger charge is 2.17. The number of aromatic nitrogens is 2. The fourth-order valence-corrected chi connectivity index (χ4v) is 2.60. The van der Waals surface area contributed by atoms with E-state index in [-0.39, 0.29) is 5.97 Å². The molecule has 2 heterocycles. The zero-order valence-electron chi connectivity index (χ0n) is 10.1. The first-order valence-electron chi connectivity index (χ1n) is 5.66. The molecule has 0 aliphatic heterocycles. The number of esters is 1. The van der Waals surface area contributed by atoms with Crippen LogP contribution in [0, 0.1) is 0 Å². The Labute approximate surface area is 114 Å². The van der Waals surface area contributed by atoms with E-state index in [0.717, 1.165) is 10.6 Å². The Morgan fingerprint density at radius 2 is 2.28 bits per heavy atom. The molecule has 0 aromatic carbocycles. The molecule has 18 heavy (non-hydrogen) atoms. The van der Waals surface area contributed by atoms with E-state index in [1.807, 2.05) is 19.1 Å². The van der Waals surface area contributed by atoms with Crippen LogP contribution >= 0.6 is 22.9 Å². The molecule has 0 atom stereocenters. The molecule has 0 fully saturated rings. The highest BCUT2D eigenvalue weighted by atomic mass is 35.5. The van der Waals surface area contributed by atoms with Crippen molar-refractivity contribution < 1.29 is 9.53 Å². The van der Waals surface area contributed by atoms with Gasteiger partial charge in [0.05, 0.1) is 15.8 Å². The van der Waals surface area contributed by atoms with Gasteiger partial charge in [-0.1, -0.05) is 11.6 Å². The summed E-state index contributed by atoms with van der Waals surface area (Å²) < 4.78 is 7.34. The molecule has 6 heteroatoms. The molecular formula is C12H13ClN2O2S. The van der Waals surface area contributed by atoms with Gasteiger partial charge in [0.1, 0.15) is 11.4 Å². The molecule has 0 aliphatic rings. The Balaban J connectivity index is 2.37. The van der Waals surface area contributed by atoms with Crippen LogP contribution in [0.3, 0.4) is 0 Å². The molecule has 96 valence electrons. The Bertz CT molecular complexity index is 562. The van der Waals surface area contributed by atoms with Crippen molar-refractivity contribution in [3.8, 4) is 10.6 Å². The lowest BCUT2D eigenvalue weighted by molar-refractivity contribution is 0.0512. The average Bonchev–Trinajstić information content (AvgIpc) is 2.94. The number of carbonyl (C=O) groups excluding carboxylic acids is 1. The Morgan fingerprint density at radius 1 is 1.50 bits per heavy atom. The molecule has 0 amide bonds. The second-order valence-corrected chi connectivity index (χ2v) is 5.27. The van der Waals surface area contributed by atoms with Gasteiger partial charge in [-0.05, 0) is 32.0 Å². The van der Waals surface area contributed by atoms with Crippen molar-refractivity contribution in [2.24, 2.45) is 0 Å². The van der Waals surface area contributed by atoms with Gasteiger partial charge in [-0.2, -0.15) is 5.10 Å². The molecule has 0 bridgehead atoms. The third-order valence-electron chi connectivity index (χ3n) is 2.39. The van der Waals surface area contributed by atoms with Crippen LogP contribution in [0.25, 0.3) is 10.6 Å². The van der Waals surface area contributed by atoms with E-state index in [9.17, 15) is 4.79 Å². The molecule has 0 N–H and O–H groups in total. The van der Waals surface area contributed by atoms with Gasteiger partial charge >= 0.3 is 5.97 Å². The summed E-state index contributed by atoms with van der Waals surface area (Å²) >= 11 is 7.33. The number of rotatable bonds is 4. The molecule has 2 rings (SSSR count). The van der Waals surface area contributed by atoms with Crippen LogP contribution in [0.5, 0.6) is 0 Å². The summed E-state index contributed by atoms with van der Waals surface area (Å²) in [7, 11) is 0. The minimum atomic E-state index is -0.347. The van der Waals surface area contributed by atoms with Gasteiger partial charge in [0.15, 0.2) is 0 Å². The molecule has 0 saturated heterocycles. The number of ether oxygens (including phenoxy) is 1. The summed E-state index contributed by atoms with van der Waals surface area (Å²) in [5.41, 5.74) is 1.22. The van der Waals surface area contributed by atoms with Crippen molar-refractivity contribution in [2.75, 3.05) is 6.61 Å². The van der Waals surface area contributed by atoms with Gasteiger partial charge in [-0.25, -0.2) is 4.79 Å². The lowest BCUT2D eigenvalue weighted by Gasteiger charge is -2.02. The SMILES string of the molecule is CCOC(=O)c1cc(-c2ccc(Cl)s2)nn1CC. The Morgan fingerprint density at radius 3 is 2.83 bits per heavy atom. The molecule has 0 radical (unpaired) electrons. The highest BCUT2D eigenvalue weighted by molar-refractivity contribution is 7.19. The monoisotopic (exact) mass is 284 g/mol. The van der Waals surface area contributed by atoms with E-state index in [4.69, 9.17) is 16.3 Å². The number of thiophene rings is 1. The van der Waals surface area contributed by atoms with Crippen LogP contribution in [0.2, 0.25) is 4.34 Å². The number of nitrogens with zero attached hydrogens (tertiary/aromatic N) is 2. The highest BCUT2D eigenvalue weighted by Crippen LogP contribution is 2.30. The fourth-order valence-electron chi connectivity index (χ4n) is 1.60. The standard InChI is InChI=1S/C12H13ClN2O2S/c1-3-15-9(12(16)17-4-2)7-8(14-15)10-5-6-11(13)18-10/h5-7H,3-4H2,1-2H3. The normalized spacial score (nSPS) is 10.6. The lowest BCUT2D eigenvalue weighted by Crippen LogP contribution is -2.12. The smallest absolute Gasteiger partial charge is 0.356 e. The summed E-state index contributed by atoms with van der Waals surface area (Å²) in [5, 5.41) is 4.38. The van der Waals surface area contributed by atoms with Crippen LogP contribution in [0.4, 0.5) is 0 Å². The predicted octanol–water partition coefficient (Wildman–Crippen LogP) is 3.46. The van der Waals surface area contributed by atoms with E-state index < -0.39 is 0 Å². The van der Waals surface area contributed by atoms with Crippen molar-refractivity contribution in [1.82, 2.24) is 9.78 Å². The minimum Gasteiger partial charge on any atom is -0.461 e. The molecule has 0 unspecified atom stereocenters. The van der Waals surface area contributed by atoms with Crippen molar-refractivity contribution in [3.05, 3.63) is 28.2 Å². The second-order valence-electron chi connectivity index (χ2n) is 3.55. The fraction of sp³-hybridized carbons (Fsp3) is 0.333. The maximum atomic E-state index is 11.8. The molecule has 4 nitrogen and oxygen atoms in total. The Hall–Kier alpha value is -1.33. The summed E-state index contributed by atoms with van der Waals surface area (Å²) in [5.74, 6) is -0.347. The van der Waals surface area contributed by atoms with Crippen molar-refractivity contribution in [1.29, 1.82) is 0 Å². The van der Waals surface area contributed by atoms with Crippen molar-refractivity contribution in [3.63, 3.8) is 0 Å². The average molecular weight is 285 g/mol.